The highest BCUT2D eigenvalue weighted by Gasteiger charge is 2.16. The molecule has 0 radical (unpaired) electrons. The summed E-state index contributed by atoms with van der Waals surface area (Å²) < 4.78 is 1.36. The lowest BCUT2D eigenvalue weighted by Gasteiger charge is -2.18. The second-order valence-corrected chi connectivity index (χ2v) is 5.63. The van der Waals surface area contributed by atoms with Crippen molar-refractivity contribution < 1.29 is 0 Å². The third-order valence-electron chi connectivity index (χ3n) is 4.08. The molecule has 0 unspecified atom stereocenters. The molecule has 4 heteroatoms. The third kappa shape index (κ3) is 2.35. The molecule has 4 nitrogen and oxygen atoms in total. The molecule has 0 bridgehead atoms. The van der Waals surface area contributed by atoms with Gasteiger partial charge in [-0.2, -0.15) is 10.4 Å². The van der Waals surface area contributed by atoms with Crippen LogP contribution in [0.5, 0.6) is 0 Å². The number of benzene rings is 1. The maximum absolute atomic E-state index is 12.5. The lowest BCUT2D eigenvalue weighted by atomic mass is 9.90. The molecule has 0 amide bonds. The Balaban J connectivity index is 2.20. The quantitative estimate of drug-likeness (QED) is 0.811. The first kappa shape index (κ1) is 14.3. The summed E-state index contributed by atoms with van der Waals surface area (Å²) in [5, 5.41) is 13.7. The van der Waals surface area contributed by atoms with Crippen molar-refractivity contribution in [2.24, 2.45) is 5.10 Å². The Morgan fingerprint density at radius 1 is 1.23 bits per heavy atom. The fraction of sp³-hybridized carbons (Fsp3) is 0.278. The van der Waals surface area contributed by atoms with Crippen LogP contribution in [0.2, 0.25) is 0 Å². The zero-order valence-electron chi connectivity index (χ0n) is 12.8. The number of rotatable bonds is 1. The molecule has 0 fully saturated rings. The van der Waals surface area contributed by atoms with Crippen molar-refractivity contribution in [1.29, 1.82) is 5.26 Å². The van der Waals surface area contributed by atoms with Crippen molar-refractivity contribution >= 4 is 5.71 Å². The minimum absolute atomic E-state index is 0.166. The Morgan fingerprint density at radius 3 is 2.77 bits per heavy atom. The van der Waals surface area contributed by atoms with Crippen LogP contribution >= 0.6 is 0 Å². The van der Waals surface area contributed by atoms with E-state index < -0.39 is 0 Å². The molecule has 0 spiro atoms. The molecular weight excluding hydrogens is 274 g/mol. The van der Waals surface area contributed by atoms with Crippen LogP contribution in [0.4, 0.5) is 0 Å². The van der Waals surface area contributed by atoms with E-state index in [0.29, 0.717) is 5.56 Å². The van der Waals surface area contributed by atoms with Gasteiger partial charge >= 0.3 is 0 Å². The van der Waals surface area contributed by atoms with Crippen molar-refractivity contribution in [3.8, 4) is 6.07 Å². The summed E-state index contributed by atoms with van der Waals surface area (Å²) in [6.07, 6.45) is 2.92. The lowest BCUT2D eigenvalue weighted by Crippen LogP contribution is -2.25. The summed E-state index contributed by atoms with van der Waals surface area (Å²) in [7, 11) is 0. The smallest absolute Gasteiger partial charge is 0.266 e. The van der Waals surface area contributed by atoms with Gasteiger partial charge in [-0.3, -0.25) is 4.79 Å². The molecule has 1 aromatic heterocycles. The highest BCUT2D eigenvalue weighted by molar-refractivity contribution is 6.02. The Labute approximate surface area is 129 Å². The molecule has 1 aromatic carbocycles. The summed E-state index contributed by atoms with van der Waals surface area (Å²) >= 11 is 0. The van der Waals surface area contributed by atoms with Gasteiger partial charge in [0.25, 0.3) is 5.56 Å². The second kappa shape index (κ2) is 5.61. The molecule has 0 N–H and O–H groups in total. The lowest BCUT2D eigenvalue weighted by molar-refractivity contribution is 0.759. The summed E-state index contributed by atoms with van der Waals surface area (Å²) in [5.41, 5.74) is 4.57. The van der Waals surface area contributed by atoms with Crippen LogP contribution in [-0.4, -0.2) is 10.4 Å². The van der Waals surface area contributed by atoms with Crippen LogP contribution < -0.4 is 5.56 Å². The van der Waals surface area contributed by atoms with Crippen molar-refractivity contribution in [2.45, 2.75) is 33.1 Å². The van der Waals surface area contributed by atoms with E-state index >= 15 is 0 Å². The summed E-state index contributed by atoms with van der Waals surface area (Å²) in [6.45, 7) is 3.62. The van der Waals surface area contributed by atoms with E-state index in [1.54, 1.807) is 6.92 Å². The number of hydrogen-bond donors (Lipinski definition) is 0. The molecule has 1 heterocycles. The zero-order valence-corrected chi connectivity index (χ0v) is 12.8. The summed E-state index contributed by atoms with van der Waals surface area (Å²) in [6, 6.07) is 12.0. The number of hydrogen-bond acceptors (Lipinski definition) is 3. The Morgan fingerprint density at radius 2 is 2.00 bits per heavy atom. The first-order valence-corrected chi connectivity index (χ1v) is 7.41. The van der Waals surface area contributed by atoms with Gasteiger partial charge in [-0.1, -0.05) is 24.3 Å². The van der Waals surface area contributed by atoms with E-state index in [0.717, 1.165) is 36.2 Å². The van der Waals surface area contributed by atoms with E-state index in [1.807, 2.05) is 37.3 Å². The fourth-order valence-corrected chi connectivity index (χ4v) is 2.97. The van der Waals surface area contributed by atoms with E-state index in [-0.39, 0.29) is 11.1 Å². The minimum atomic E-state index is -0.337. The second-order valence-electron chi connectivity index (χ2n) is 5.63. The topological polar surface area (TPSA) is 58.1 Å². The molecule has 2 aromatic rings. The van der Waals surface area contributed by atoms with Gasteiger partial charge in [0.15, 0.2) is 0 Å². The molecule has 110 valence electrons. The van der Waals surface area contributed by atoms with Crippen LogP contribution in [0.3, 0.4) is 0 Å². The highest BCUT2D eigenvalue weighted by atomic mass is 16.1. The van der Waals surface area contributed by atoms with Gasteiger partial charge in [0.2, 0.25) is 0 Å². The minimum Gasteiger partial charge on any atom is -0.266 e. The standard InChI is InChI=1S/C18H17N3O/c1-12-10-13(2)21(18(22)16(12)11-19)20-17-9-5-7-14-6-3-4-8-15(14)17/h3-4,6,8,10H,5,7,9H2,1-2H3/b20-17+. The fourth-order valence-electron chi connectivity index (χ4n) is 2.97. The van der Waals surface area contributed by atoms with Crippen LogP contribution in [0.25, 0.3) is 0 Å². The predicted molar refractivity (Wildman–Crippen MR) is 86.2 cm³/mol. The molecule has 1 aliphatic carbocycles. The number of aryl methyl sites for hydroxylation is 3. The largest absolute Gasteiger partial charge is 0.289 e. The maximum atomic E-state index is 12.5. The molecule has 0 saturated heterocycles. The average molecular weight is 291 g/mol. The van der Waals surface area contributed by atoms with Crippen LogP contribution in [-0.2, 0) is 6.42 Å². The monoisotopic (exact) mass is 291 g/mol. The molecule has 1 aliphatic rings. The van der Waals surface area contributed by atoms with Gasteiger partial charge in [-0.05, 0) is 50.3 Å². The van der Waals surface area contributed by atoms with Crippen molar-refractivity contribution in [3.05, 3.63) is 68.6 Å². The zero-order chi connectivity index (χ0) is 15.7. The van der Waals surface area contributed by atoms with Gasteiger partial charge in [-0.15, -0.1) is 0 Å². The number of pyridine rings is 1. The van der Waals surface area contributed by atoms with Crippen molar-refractivity contribution in [2.75, 3.05) is 0 Å². The normalized spacial score (nSPS) is 15.4. The average Bonchev–Trinajstić information content (AvgIpc) is 2.52. The van der Waals surface area contributed by atoms with E-state index in [9.17, 15) is 4.79 Å². The third-order valence-corrected chi connectivity index (χ3v) is 4.08. The Bertz CT molecular complexity index is 869. The number of nitriles is 1. The van der Waals surface area contributed by atoms with Gasteiger partial charge in [0, 0.05) is 11.3 Å². The van der Waals surface area contributed by atoms with Crippen LogP contribution in [0, 0.1) is 25.2 Å². The Hall–Kier alpha value is -2.67. The molecule has 0 saturated carbocycles. The van der Waals surface area contributed by atoms with E-state index in [2.05, 4.69) is 11.2 Å². The summed E-state index contributed by atoms with van der Waals surface area (Å²) in [5.74, 6) is 0. The van der Waals surface area contributed by atoms with Gasteiger partial charge < -0.3 is 0 Å². The van der Waals surface area contributed by atoms with Crippen molar-refractivity contribution in [1.82, 2.24) is 4.68 Å². The maximum Gasteiger partial charge on any atom is 0.289 e. The molecule has 22 heavy (non-hydrogen) atoms. The molecule has 3 rings (SSSR count). The Kier molecular flexibility index (Phi) is 3.64. The predicted octanol–water partition coefficient (Wildman–Crippen LogP) is 2.93. The number of nitrogens with zero attached hydrogens (tertiary/aromatic N) is 3. The van der Waals surface area contributed by atoms with Crippen LogP contribution in [0.1, 0.15) is 40.8 Å². The molecule has 0 aliphatic heterocycles. The van der Waals surface area contributed by atoms with Gasteiger partial charge in [0.1, 0.15) is 11.6 Å². The highest BCUT2D eigenvalue weighted by Crippen LogP contribution is 2.21. The van der Waals surface area contributed by atoms with E-state index in [1.165, 1.54) is 10.2 Å². The SMILES string of the molecule is Cc1cc(C)n(/N=C2\CCCc3ccccc32)c(=O)c1C#N. The molecular formula is C18H17N3O. The van der Waals surface area contributed by atoms with Crippen LogP contribution in [0.15, 0.2) is 40.2 Å². The molecule has 0 atom stereocenters. The first-order chi connectivity index (χ1) is 10.6. The first-order valence-electron chi connectivity index (χ1n) is 7.41. The van der Waals surface area contributed by atoms with Gasteiger partial charge in [0.05, 0.1) is 5.71 Å². The van der Waals surface area contributed by atoms with Crippen molar-refractivity contribution in [3.63, 3.8) is 0 Å². The number of fused-ring (bicyclic) bond motifs is 1. The number of aromatic nitrogens is 1. The van der Waals surface area contributed by atoms with Gasteiger partial charge in [-0.25, -0.2) is 4.68 Å². The summed E-state index contributed by atoms with van der Waals surface area (Å²) in [4.78, 5) is 12.5. The van der Waals surface area contributed by atoms with E-state index in [4.69, 9.17) is 5.26 Å².